The largest absolute Gasteiger partial charge is 0.490 e. The first kappa shape index (κ1) is 17.7. The van der Waals surface area contributed by atoms with Gasteiger partial charge in [0.15, 0.2) is 11.5 Å². The van der Waals surface area contributed by atoms with E-state index >= 15 is 0 Å². The van der Waals surface area contributed by atoms with E-state index in [1.165, 1.54) is 19.1 Å². The minimum Gasteiger partial charge on any atom is -0.490 e. The van der Waals surface area contributed by atoms with Gasteiger partial charge in [-0.05, 0) is 31.4 Å². The molecule has 0 saturated heterocycles. The van der Waals surface area contributed by atoms with Crippen molar-refractivity contribution in [1.29, 1.82) is 0 Å². The Kier molecular flexibility index (Phi) is 7.40. The average Bonchev–Trinajstić information content (AvgIpc) is 2.45. The molecule has 2 nitrogen and oxygen atoms in total. The molecule has 0 aliphatic carbocycles. The zero-order valence-corrected chi connectivity index (χ0v) is 12.8. The molecule has 0 aliphatic rings. The van der Waals surface area contributed by atoms with Crippen molar-refractivity contribution >= 4 is 0 Å². The molecule has 0 radical (unpaired) electrons. The summed E-state index contributed by atoms with van der Waals surface area (Å²) in [5.41, 5.74) is 0. The van der Waals surface area contributed by atoms with Crippen LogP contribution in [0.5, 0.6) is 11.5 Å². The lowest BCUT2D eigenvalue weighted by Crippen LogP contribution is -2.07. The SMILES string of the molecule is CCC(C)CCOc1ccc(OCCC(C)F)c(F)c1F. The van der Waals surface area contributed by atoms with Gasteiger partial charge in [0, 0.05) is 6.42 Å². The Balaban J connectivity index is 2.58. The van der Waals surface area contributed by atoms with E-state index < -0.39 is 17.8 Å². The van der Waals surface area contributed by atoms with Gasteiger partial charge in [-0.15, -0.1) is 0 Å². The van der Waals surface area contributed by atoms with Gasteiger partial charge in [-0.3, -0.25) is 0 Å². The molecule has 0 aliphatic heterocycles. The summed E-state index contributed by atoms with van der Waals surface area (Å²) in [7, 11) is 0. The average molecular weight is 304 g/mol. The molecule has 1 rings (SSSR count). The molecule has 2 atom stereocenters. The Morgan fingerprint density at radius 2 is 1.43 bits per heavy atom. The second kappa shape index (κ2) is 8.80. The summed E-state index contributed by atoms with van der Waals surface area (Å²) >= 11 is 0. The quantitative estimate of drug-likeness (QED) is 0.645. The van der Waals surface area contributed by atoms with Crippen molar-refractivity contribution in [1.82, 2.24) is 0 Å². The number of ether oxygens (including phenoxy) is 2. The van der Waals surface area contributed by atoms with Crippen LogP contribution in [0.4, 0.5) is 13.2 Å². The van der Waals surface area contributed by atoms with Gasteiger partial charge in [-0.2, -0.15) is 8.78 Å². The molecule has 0 N–H and O–H groups in total. The smallest absolute Gasteiger partial charge is 0.204 e. The first-order chi connectivity index (χ1) is 9.95. The lowest BCUT2D eigenvalue weighted by molar-refractivity contribution is 0.232. The van der Waals surface area contributed by atoms with Gasteiger partial charge in [0.1, 0.15) is 6.17 Å². The maximum atomic E-state index is 13.8. The fourth-order valence-electron chi connectivity index (χ4n) is 1.64. The summed E-state index contributed by atoms with van der Waals surface area (Å²) in [6.45, 7) is 5.86. The van der Waals surface area contributed by atoms with Crippen molar-refractivity contribution in [3.05, 3.63) is 23.8 Å². The topological polar surface area (TPSA) is 18.5 Å². The van der Waals surface area contributed by atoms with Crippen LogP contribution < -0.4 is 9.47 Å². The minimum absolute atomic E-state index is 0.00223. The summed E-state index contributed by atoms with van der Waals surface area (Å²) in [6.07, 6.45) is 0.888. The monoisotopic (exact) mass is 304 g/mol. The molecule has 0 spiro atoms. The molecule has 1 aromatic carbocycles. The predicted molar refractivity (Wildman–Crippen MR) is 76.6 cm³/mol. The molecule has 5 heteroatoms. The number of hydrogen-bond acceptors (Lipinski definition) is 2. The van der Waals surface area contributed by atoms with Gasteiger partial charge in [0.25, 0.3) is 0 Å². The summed E-state index contributed by atoms with van der Waals surface area (Å²) in [4.78, 5) is 0. The zero-order chi connectivity index (χ0) is 15.8. The van der Waals surface area contributed by atoms with E-state index in [0.717, 1.165) is 12.8 Å². The highest BCUT2D eigenvalue weighted by atomic mass is 19.2. The van der Waals surface area contributed by atoms with E-state index in [1.807, 2.05) is 0 Å². The van der Waals surface area contributed by atoms with Crippen LogP contribution in [-0.4, -0.2) is 19.4 Å². The van der Waals surface area contributed by atoms with Crippen LogP contribution in [0.25, 0.3) is 0 Å². The predicted octanol–water partition coefficient (Wildman–Crippen LogP) is 4.91. The first-order valence-electron chi connectivity index (χ1n) is 7.33. The van der Waals surface area contributed by atoms with E-state index in [4.69, 9.17) is 9.47 Å². The van der Waals surface area contributed by atoms with Gasteiger partial charge in [-0.1, -0.05) is 20.3 Å². The second-order valence-corrected chi connectivity index (χ2v) is 5.26. The van der Waals surface area contributed by atoms with Crippen molar-refractivity contribution in [3.63, 3.8) is 0 Å². The van der Waals surface area contributed by atoms with Crippen molar-refractivity contribution in [2.24, 2.45) is 5.92 Å². The molecule has 2 unspecified atom stereocenters. The van der Waals surface area contributed by atoms with E-state index in [1.54, 1.807) is 0 Å². The highest BCUT2D eigenvalue weighted by molar-refractivity contribution is 5.35. The van der Waals surface area contributed by atoms with Crippen LogP contribution in [0.1, 0.15) is 40.0 Å². The molecule has 0 bridgehead atoms. The first-order valence-corrected chi connectivity index (χ1v) is 7.33. The summed E-state index contributed by atoms with van der Waals surface area (Å²) in [5, 5.41) is 0. The number of halogens is 3. The molecule has 0 saturated carbocycles. The summed E-state index contributed by atoms with van der Waals surface area (Å²) in [5.74, 6) is -2.03. The molecule has 0 aromatic heterocycles. The van der Waals surface area contributed by atoms with E-state index in [2.05, 4.69) is 13.8 Å². The maximum Gasteiger partial charge on any atom is 0.204 e. The molecular formula is C16H23F3O2. The fraction of sp³-hybridized carbons (Fsp3) is 0.625. The van der Waals surface area contributed by atoms with Crippen LogP contribution in [0, 0.1) is 17.6 Å². The van der Waals surface area contributed by atoms with Crippen LogP contribution in [0.15, 0.2) is 12.1 Å². The highest BCUT2D eigenvalue weighted by Gasteiger charge is 2.16. The van der Waals surface area contributed by atoms with Gasteiger partial charge >= 0.3 is 0 Å². The second-order valence-electron chi connectivity index (χ2n) is 5.26. The molecule has 21 heavy (non-hydrogen) atoms. The fourth-order valence-corrected chi connectivity index (χ4v) is 1.64. The molecule has 0 amide bonds. The van der Waals surface area contributed by atoms with Gasteiger partial charge in [0.05, 0.1) is 13.2 Å². The van der Waals surface area contributed by atoms with Crippen LogP contribution in [0.2, 0.25) is 0 Å². The van der Waals surface area contributed by atoms with Crippen molar-refractivity contribution < 1.29 is 22.6 Å². The lowest BCUT2D eigenvalue weighted by atomic mass is 10.1. The number of rotatable bonds is 9. The number of benzene rings is 1. The van der Waals surface area contributed by atoms with E-state index in [-0.39, 0.29) is 24.5 Å². The van der Waals surface area contributed by atoms with E-state index in [9.17, 15) is 13.2 Å². The van der Waals surface area contributed by atoms with Crippen LogP contribution in [0.3, 0.4) is 0 Å². The highest BCUT2D eigenvalue weighted by Crippen LogP contribution is 2.28. The van der Waals surface area contributed by atoms with Crippen LogP contribution in [-0.2, 0) is 0 Å². The molecule has 0 fully saturated rings. The molecule has 1 aromatic rings. The zero-order valence-electron chi connectivity index (χ0n) is 12.8. The van der Waals surface area contributed by atoms with E-state index in [0.29, 0.717) is 12.5 Å². The Morgan fingerprint density at radius 1 is 0.952 bits per heavy atom. The lowest BCUT2D eigenvalue weighted by Gasteiger charge is -2.13. The minimum atomic E-state index is -1.09. The number of alkyl halides is 1. The standard InChI is InChI=1S/C16H23F3O2/c1-4-11(2)7-9-20-13-5-6-14(16(19)15(13)18)21-10-8-12(3)17/h5-6,11-12H,4,7-10H2,1-3H3. The molecular weight excluding hydrogens is 281 g/mol. The van der Waals surface area contributed by atoms with Crippen molar-refractivity contribution in [2.75, 3.05) is 13.2 Å². The van der Waals surface area contributed by atoms with Gasteiger partial charge in [0.2, 0.25) is 11.6 Å². The summed E-state index contributed by atoms with van der Waals surface area (Å²) < 4.78 is 50.5. The Morgan fingerprint density at radius 3 is 1.86 bits per heavy atom. The van der Waals surface area contributed by atoms with Crippen molar-refractivity contribution in [2.45, 2.75) is 46.2 Å². The van der Waals surface area contributed by atoms with Gasteiger partial charge in [-0.25, -0.2) is 4.39 Å². The third-order valence-electron chi connectivity index (χ3n) is 3.35. The summed E-state index contributed by atoms with van der Waals surface area (Å²) in [6, 6.07) is 2.64. The van der Waals surface area contributed by atoms with Crippen LogP contribution >= 0.6 is 0 Å². The Bertz CT molecular complexity index is 436. The Hall–Kier alpha value is -1.39. The molecule has 0 heterocycles. The van der Waals surface area contributed by atoms with Crippen molar-refractivity contribution in [3.8, 4) is 11.5 Å². The Labute approximate surface area is 124 Å². The third-order valence-corrected chi connectivity index (χ3v) is 3.35. The normalized spacial score (nSPS) is 13.8. The molecule has 120 valence electrons. The van der Waals surface area contributed by atoms with Gasteiger partial charge < -0.3 is 9.47 Å². The third kappa shape index (κ3) is 5.86. The maximum absolute atomic E-state index is 13.8. The number of hydrogen-bond donors (Lipinski definition) is 0.